The van der Waals surface area contributed by atoms with Gasteiger partial charge in [-0.3, -0.25) is 0 Å². The topological polar surface area (TPSA) is 41.1 Å². The van der Waals surface area contributed by atoms with Crippen LogP contribution >= 0.6 is 0 Å². The van der Waals surface area contributed by atoms with E-state index in [2.05, 4.69) is 20.2 Å². The van der Waals surface area contributed by atoms with Crippen LogP contribution in [0.1, 0.15) is 25.1 Å². The molecule has 0 aromatic carbocycles. The minimum atomic E-state index is 0.779. The summed E-state index contributed by atoms with van der Waals surface area (Å²) in [4.78, 5) is 10.9. The van der Waals surface area contributed by atoms with Crippen molar-refractivity contribution in [3.8, 4) is 0 Å². The second kappa shape index (κ2) is 6.55. The Hall–Kier alpha value is -1.00. The number of nitrogens with zero attached hydrogens (tertiary/aromatic N) is 3. The van der Waals surface area contributed by atoms with Gasteiger partial charge in [-0.15, -0.1) is 0 Å². The Balaban J connectivity index is 1.52. The van der Waals surface area contributed by atoms with Crippen molar-refractivity contribution in [3.63, 3.8) is 0 Å². The first kappa shape index (κ1) is 11.5. The van der Waals surface area contributed by atoms with Crippen LogP contribution in [0.2, 0.25) is 0 Å². The first-order valence-electron chi connectivity index (χ1n) is 6.14. The van der Waals surface area contributed by atoms with Gasteiger partial charge in [0.05, 0.1) is 6.54 Å². The third kappa shape index (κ3) is 3.87. The van der Waals surface area contributed by atoms with Crippen molar-refractivity contribution in [2.45, 2.75) is 25.8 Å². The van der Waals surface area contributed by atoms with Crippen LogP contribution in [-0.2, 0) is 6.54 Å². The molecule has 1 aromatic heterocycles. The molecule has 0 saturated carbocycles. The van der Waals surface area contributed by atoms with Crippen molar-refractivity contribution in [2.24, 2.45) is 0 Å². The summed E-state index contributed by atoms with van der Waals surface area (Å²) in [6, 6.07) is 1.84. The molecule has 0 bridgehead atoms. The maximum atomic E-state index is 4.17. The molecule has 1 aliphatic heterocycles. The Bertz CT molecular complexity index is 282. The standard InChI is InChI=1S/C12H20N4/c1-2-9-16(8-1)10-4-5-13-11-12-14-6-3-7-15-12/h3,6-7,13H,1-2,4-5,8-11H2. The van der Waals surface area contributed by atoms with Crippen LogP contribution < -0.4 is 5.32 Å². The van der Waals surface area contributed by atoms with Crippen molar-refractivity contribution < 1.29 is 0 Å². The van der Waals surface area contributed by atoms with Gasteiger partial charge in [-0.25, -0.2) is 9.97 Å². The molecule has 2 heterocycles. The maximum Gasteiger partial charge on any atom is 0.141 e. The summed E-state index contributed by atoms with van der Waals surface area (Å²) in [6.45, 7) is 5.64. The molecule has 4 nitrogen and oxygen atoms in total. The summed E-state index contributed by atoms with van der Waals surface area (Å²) in [7, 11) is 0. The van der Waals surface area contributed by atoms with E-state index < -0.39 is 0 Å². The molecule has 1 saturated heterocycles. The van der Waals surface area contributed by atoms with Gasteiger partial charge in [-0.2, -0.15) is 0 Å². The van der Waals surface area contributed by atoms with Crippen molar-refractivity contribution in [3.05, 3.63) is 24.3 Å². The Kier molecular flexibility index (Phi) is 4.70. The summed E-state index contributed by atoms with van der Waals surface area (Å²) < 4.78 is 0. The summed E-state index contributed by atoms with van der Waals surface area (Å²) in [6.07, 6.45) is 7.55. The van der Waals surface area contributed by atoms with Gasteiger partial charge in [0.25, 0.3) is 0 Å². The summed E-state index contributed by atoms with van der Waals surface area (Å²) in [5, 5.41) is 3.37. The largest absolute Gasteiger partial charge is 0.310 e. The van der Waals surface area contributed by atoms with E-state index >= 15 is 0 Å². The van der Waals surface area contributed by atoms with E-state index in [1.54, 1.807) is 12.4 Å². The average molecular weight is 220 g/mol. The molecule has 1 fully saturated rings. The van der Waals surface area contributed by atoms with Crippen LogP contribution in [-0.4, -0.2) is 41.0 Å². The Labute approximate surface area is 97.1 Å². The van der Waals surface area contributed by atoms with Crippen LogP contribution in [0.15, 0.2) is 18.5 Å². The SMILES string of the molecule is c1cnc(CNCCCN2CCCC2)nc1. The molecular formula is C12H20N4. The fourth-order valence-corrected chi connectivity index (χ4v) is 2.06. The molecule has 0 spiro atoms. The third-order valence-electron chi connectivity index (χ3n) is 2.93. The van der Waals surface area contributed by atoms with E-state index in [1.807, 2.05) is 6.07 Å². The molecular weight excluding hydrogens is 200 g/mol. The lowest BCUT2D eigenvalue weighted by atomic mass is 10.4. The zero-order valence-corrected chi connectivity index (χ0v) is 9.73. The molecule has 4 heteroatoms. The number of likely N-dealkylation sites (tertiary alicyclic amines) is 1. The zero-order valence-electron chi connectivity index (χ0n) is 9.73. The average Bonchev–Trinajstić information content (AvgIpc) is 2.83. The number of nitrogens with one attached hydrogen (secondary N) is 1. The van der Waals surface area contributed by atoms with Crippen molar-refractivity contribution in [1.82, 2.24) is 20.2 Å². The number of aromatic nitrogens is 2. The smallest absolute Gasteiger partial charge is 0.141 e. The van der Waals surface area contributed by atoms with E-state index in [4.69, 9.17) is 0 Å². The molecule has 2 rings (SSSR count). The normalized spacial score (nSPS) is 16.8. The molecule has 0 unspecified atom stereocenters. The zero-order chi connectivity index (χ0) is 11.1. The monoisotopic (exact) mass is 220 g/mol. The number of hydrogen-bond acceptors (Lipinski definition) is 4. The predicted molar refractivity (Wildman–Crippen MR) is 64.0 cm³/mol. The lowest BCUT2D eigenvalue weighted by Gasteiger charge is -2.13. The number of hydrogen-bond donors (Lipinski definition) is 1. The molecule has 0 radical (unpaired) electrons. The van der Waals surface area contributed by atoms with Gasteiger partial charge in [0.15, 0.2) is 0 Å². The lowest BCUT2D eigenvalue weighted by Crippen LogP contribution is -2.25. The van der Waals surface area contributed by atoms with Crippen LogP contribution in [0.5, 0.6) is 0 Å². The highest BCUT2D eigenvalue weighted by molar-refractivity contribution is 4.87. The first-order valence-corrected chi connectivity index (χ1v) is 6.14. The summed E-state index contributed by atoms with van der Waals surface area (Å²) in [5.41, 5.74) is 0. The maximum absolute atomic E-state index is 4.17. The summed E-state index contributed by atoms with van der Waals surface area (Å²) >= 11 is 0. The van der Waals surface area contributed by atoms with Crippen molar-refractivity contribution >= 4 is 0 Å². The highest BCUT2D eigenvalue weighted by Crippen LogP contribution is 2.06. The van der Waals surface area contributed by atoms with Gasteiger partial charge in [0.2, 0.25) is 0 Å². The van der Waals surface area contributed by atoms with E-state index in [9.17, 15) is 0 Å². The molecule has 1 aromatic rings. The molecule has 88 valence electrons. The molecule has 0 atom stereocenters. The Morgan fingerprint density at radius 1 is 1.19 bits per heavy atom. The molecule has 1 aliphatic rings. The molecule has 0 aliphatic carbocycles. The quantitative estimate of drug-likeness (QED) is 0.728. The second-order valence-corrected chi connectivity index (χ2v) is 4.24. The molecule has 1 N–H and O–H groups in total. The van der Waals surface area contributed by atoms with Crippen molar-refractivity contribution in [1.29, 1.82) is 0 Å². The van der Waals surface area contributed by atoms with Gasteiger partial charge in [0.1, 0.15) is 5.82 Å². The second-order valence-electron chi connectivity index (χ2n) is 4.24. The van der Waals surface area contributed by atoms with Gasteiger partial charge < -0.3 is 10.2 Å². The highest BCUT2D eigenvalue weighted by atomic mass is 15.1. The van der Waals surface area contributed by atoms with E-state index in [0.29, 0.717) is 0 Å². The first-order chi connectivity index (χ1) is 7.95. The number of rotatable bonds is 6. The summed E-state index contributed by atoms with van der Waals surface area (Å²) in [5.74, 6) is 0.878. The molecule has 16 heavy (non-hydrogen) atoms. The minimum absolute atomic E-state index is 0.779. The van der Waals surface area contributed by atoms with Crippen LogP contribution in [0, 0.1) is 0 Å². The van der Waals surface area contributed by atoms with Gasteiger partial charge in [-0.05, 0) is 51.5 Å². The Morgan fingerprint density at radius 3 is 2.69 bits per heavy atom. The highest BCUT2D eigenvalue weighted by Gasteiger charge is 2.09. The van der Waals surface area contributed by atoms with Crippen LogP contribution in [0.4, 0.5) is 0 Å². The lowest BCUT2D eigenvalue weighted by molar-refractivity contribution is 0.330. The third-order valence-corrected chi connectivity index (χ3v) is 2.93. The van der Waals surface area contributed by atoms with Gasteiger partial charge in [0, 0.05) is 12.4 Å². The predicted octanol–water partition coefficient (Wildman–Crippen LogP) is 1.05. The Morgan fingerprint density at radius 2 is 1.94 bits per heavy atom. The fourth-order valence-electron chi connectivity index (χ4n) is 2.06. The van der Waals surface area contributed by atoms with Gasteiger partial charge >= 0.3 is 0 Å². The van der Waals surface area contributed by atoms with E-state index in [1.165, 1.54) is 38.9 Å². The molecule has 0 amide bonds. The van der Waals surface area contributed by atoms with Crippen molar-refractivity contribution in [2.75, 3.05) is 26.2 Å². The van der Waals surface area contributed by atoms with E-state index in [0.717, 1.165) is 18.9 Å². The van der Waals surface area contributed by atoms with Crippen LogP contribution in [0.3, 0.4) is 0 Å². The van der Waals surface area contributed by atoms with Crippen LogP contribution in [0.25, 0.3) is 0 Å². The van der Waals surface area contributed by atoms with Gasteiger partial charge in [-0.1, -0.05) is 0 Å². The fraction of sp³-hybridized carbons (Fsp3) is 0.667. The van der Waals surface area contributed by atoms with E-state index in [-0.39, 0.29) is 0 Å². The minimum Gasteiger partial charge on any atom is -0.310 e.